The van der Waals surface area contributed by atoms with Crippen LogP contribution in [0.1, 0.15) is 25.0 Å². The molecule has 1 saturated heterocycles. The summed E-state index contributed by atoms with van der Waals surface area (Å²) in [6.45, 7) is 3.95. The van der Waals surface area contributed by atoms with Crippen molar-refractivity contribution in [2.75, 3.05) is 18.0 Å². The fourth-order valence-electron chi connectivity index (χ4n) is 4.87. The molecule has 2 aromatic rings. The van der Waals surface area contributed by atoms with E-state index < -0.39 is 50.7 Å². The van der Waals surface area contributed by atoms with E-state index in [4.69, 9.17) is 11.6 Å². The molecule has 1 aliphatic carbocycles. The number of piperazine rings is 1. The first-order valence-corrected chi connectivity index (χ1v) is 12.1. The van der Waals surface area contributed by atoms with Crippen LogP contribution in [-0.2, 0) is 27.7 Å². The Balaban J connectivity index is 1.64. The van der Waals surface area contributed by atoms with Crippen LogP contribution in [0.2, 0.25) is 5.02 Å². The van der Waals surface area contributed by atoms with Gasteiger partial charge in [0, 0.05) is 30.9 Å². The molecular weight excluding hydrogens is 462 g/mol. The number of hydrogen-bond acceptors (Lipinski definition) is 4. The van der Waals surface area contributed by atoms with E-state index >= 15 is 0 Å². The van der Waals surface area contributed by atoms with Crippen LogP contribution < -0.4 is 4.90 Å². The Hall–Kier alpha value is -2.23. The Morgan fingerprint density at radius 2 is 1.69 bits per heavy atom. The number of hydrogen-bond donors (Lipinski definition) is 1. The smallest absolute Gasteiger partial charge is 0.307 e. The molecule has 6 nitrogen and oxygen atoms in total. The summed E-state index contributed by atoms with van der Waals surface area (Å²) in [5, 5.41) is 8.80. The van der Waals surface area contributed by atoms with E-state index in [1.54, 1.807) is 30.9 Å². The van der Waals surface area contributed by atoms with Crippen LogP contribution in [0.4, 0.5) is 14.5 Å². The fourth-order valence-corrected chi connectivity index (χ4v) is 7.06. The first-order chi connectivity index (χ1) is 15.0. The summed E-state index contributed by atoms with van der Waals surface area (Å²) in [7, 11) is -3.92. The molecule has 172 valence electrons. The number of halogens is 3. The topological polar surface area (TPSA) is 77.9 Å². The molecule has 1 fully saturated rings. The molecule has 0 bridgehead atoms. The standard InChI is InChI=1S/C22H23ClF2N2O4S/c1-12-10-26(16-8-18(24)21(23)19(25)9-16)11-13(2)27(12)32(30,31)20-5-3-4-14-6-15(22(28)29)7-17(14)20/h3-5,8-9,12-13,15H,6-7,10-11H2,1-2H3,(H,28,29)/t12-,13+,15?. The SMILES string of the molecule is C[C@@H]1CN(c2cc(F)c(Cl)c(F)c2)C[C@H](C)N1S(=O)(=O)c1cccc2c1CC(C(=O)O)C2. The number of benzene rings is 2. The highest BCUT2D eigenvalue weighted by Gasteiger charge is 2.41. The second-order valence-electron chi connectivity index (χ2n) is 8.50. The third-order valence-corrected chi connectivity index (χ3v) is 8.80. The van der Waals surface area contributed by atoms with Crippen molar-refractivity contribution in [2.24, 2.45) is 5.92 Å². The molecule has 3 atom stereocenters. The summed E-state index contributed by atoms with van der Waals surface area (Å²) in [5.41, 5.74) is 1.60. The summed E-state index contributed by atoms with van der Waals surface area (Å²) < 4.78 is 56.6. The van der Waals surface area contributed by atoms with Gasteiger partial charge in [0.1, 0.15) is 16.7 Å². The Kier molecular flexibility index (Phi) is 5.94. The average molecular weight is 485 g/mol. The maximum Gasteiger partial charge on any atom is 0.307 e. The van der Waals surface area contributed by atoms with Gasteiger partial charge in [-0.2, -0.15) is 4.31 Å². The van der Waals surface area contributed by atoms with E-state index in [1.165, 1.54) is 10.4 Å². The van der Waals surface area contributed by atoms with Gasteiger partial charge >= 0.3 is 5.97 Å². The zero-order valence-electron chi connectivity index (χ0n) is 17.6. The largest absolute Gasteiger partial charge is 0.481 e. The molecule has 32 heavy (non-hydrogen) atoms. The van der Waals surface area contributed by atoms with Gasteiger partial charge in [0.15, 0.2) is 0 Å². The number of carboxylic acid groups (broad SMARTS) is 1. The van der Waals surface area contributed by atoms with Crippen LogP contribution in [0.3, 0.4) is 0 Å². The van der Waals surface area contributed by atoms with Gasteiger partial charge in [-0.1, -0.05) is 23.7 Å². The Labute approximate surface area is 190 Å². The van der Waals surface area contributed by atoms with Crippen molar-refractivity contribution in [3.63, 3.8) is 0 Å². The lowest BCUT2D eigenvalue weighted by Crippen LogP contribution is -2.58. The third-order valence-electron chi connectivity index (χ3n) is 6.22. The Morgan fingerprint density at radius 1 is 1.09 bits per heavy atom. The molecule has 0 aromatic heterocycles. The van der Waals surface area contributed by atoms with Gasteiger partial charge in [0.25, 0.3) is 0 Å². The van der Waals surface area contributed by atoms with E-state index in [2.05, 4.69) is 0 Å². The third kappa shape index (κ3) is 3.86. The van der Waals surface area contributed by atoms with Crippen molar-refractivity contribution in [3.05, 3.63) is 58.1 Å². The monoisotopic (exact) mass is 484 g/mol. The minimum Gasteiger partial charge on any atom is -0.481 e. The first-order valence-electron chi connectivity index (χ1n) is 10.3. The molecule has 1 aliphatic heterocycles. The highest BCUT2D eigenvalue weighted by molar-refractivity contribution is 7.89. The van der Waals surface area contributed by atoms with Gasteiger partial charge in [0.2, 0.25) is 10.0 Å². The zero-order chi connectivity index (χ0) is 23.4. The molecular formula is C22H23ClF2N2O4S. The molecule has 2 aliphatic rings. The Morgan fingerprint density at radius 3 is 2.25 bits per heavy atom. The second kappa shape index (κ2) is 8.28. The van der Waals surface area contributed by atoms with Crippen LogP contribution in [0.5, 0.6) is 0 Å². The minimum absolute atomic E-state index is 0.134. The van der Waals surface area contributed by atoms with Gasteiger partial charge in [-0.15, -0.1) is 0 Å². The summed E-state index contributed by atoms with van der Waals surface area (Å²) >= 11 is 5.58. The van der Waals surface area contributed by atoms with Crippen LogP contribution in [0, 0.1) is 17.6 Å². The highest BCUT2D eigenvalue weighted by atomic mass is 35.5. The van der Waals surface area contributed by atoms with Crippen molar-refractivity contribution in [1.29, 1.82) is 0 Å². The maximum absolute atomic E-state index is 13.9. The van der Waals surface area contributed by atoms with Crippen LogP contribution in [0.25, 0.3) is 0 Å². The van der Waals surface area contributed by atoms with Crippen molar-refractivity contribution >= 4 is 33.3 Å². The molecule has 0 spiro atoms. The number of anilines is 1. The van der Waals surface area contributed by atoms with Crippen LogP contribution in [0.15, 0.2) is 35.2 Å². The van der Waals surface area contributed by atoms with E-state index in [1.807, 2.05) is 0 Å². The number of carboxylic acids is 1. The van der Waals surface area contributed by atoms with Crippen molar-refractivity contribution in [3.8, 4) is 0 Å². The molecule has 1 unspecified atom stereocenters. The van der Waals surface area contributed by atoms with E-state index in [0.717, 1.165) is 17.7 Å². The highest BCUT2D eigenvalue weighted by Crippen LogP contribution is 2.36. The van der Waals surface area contributed by atoms with Crippen LogP contribution in [-0.4, -0.2) is 49.0 Å². The van der Waals surface area contributed by atoms with Crippen molar-refractivity contribution in [1.82, 2.24) is 4.31 Å². The quantitative estimate of drug-likeness (QED) is 0.669. The molecule has 0 saturated carbocycles. The number of aliphatic carboxylic acids is 1. The van der Waals surface area contributed by atoms with E-state index in [0.29, 0.717) is 17.7 Å². The van der Waals surface area contributed by atoms with Gasteiger partial charge < -0.3 is 10.0 Å². The molecule has 10 heteroatoms. The van der Waals surface area contributed by atoms with Crippen molar-refractivity contribution < 1.29 is 27.1 Å². The summed E-state index contributed by atoms with van der Waals surface area (Å²) in [6.07, 6.45) is 0.479. The lowest BCUT2D eigenvalue weighted by Gasteiger charge is -2.44. The van der Waals surface area contributed by atoms with Gasteiger partial charge in [0.05, 0.1) is 10.8 Å². The van der Waals surface area contributed by atoms with Crippen LogP contribution >= 0.6 is 11.6 Å². The van der Waals surface area contributed by atoms with E-state index in [9.17, 15) is 27.1 Å². The maximum atomic E-state index is 13.9. The second-order valence-corrected chi connectivity index (χ2v) is 10.7. The van der Waals surface area contributed by atoms with Gasteiger partial charge in [-0.05, 0) is 56.0 Å². The molecule has 2 aromatic carbocycles. The predicted molar refractivity (Wildman–Crippen MR) is 117 cm³/mol. The molecule has 1 N–H and O–H groups in total. The normalized spacial score (nSPS) is 23.9. The average Bonchev–Trinajstić information content (AvgIpc) is 3.15. The summed E-state index contributed by atoms with van der Waals surface area (Å²) in [6, 6.07) is 6.24. The minimum atomic E-state index is -3.92. The Bertz CT molecular complexity index is 1160. The van der Waals surface area contributed by atoms with Crippen molar-refractivity contribution in [2.45, 2.75) is 43.7 Å². The van der Waals surface area contributed by atoms with Gasteiger partial charge in [-0.3, -0.25) is 4.79 Å². The number of fused-ring (bicyclic) bond motifs is 1. The number of rotatable bonds is 4. The first kappa shape index (κ1) is 22.9. The molecule has 4 rings (SSSR count). The molecule has 0 radical (unpaired) electrons. The number of sulfonamides is 1. The van der Waals surface area contributed by atoms with Gasteiger partial charge in [-0.25, -0.2) is 17.2 Å². The molecule has 0 amide bonds. The zero-order valence-corrected chi connectivity index (χ0v) is 19.1. The molecule has 1 heterocycles. The number of nitrogens with zero attached hydrogens (tertiary/aromatic N) is 2. The predicted octanol–water partition coefficient (Wildman–Crippen LogP) is 3.71. The summed E-state index contributed by atoms with van der Waals surface area (Å²) in [5.74, 6) is -3.32. The van der Waals surface area contributed by atoms with E-state index in [-0.39, 0.29) is 24.4 Å². The fraction of sp³-hybridized carbons (Fsp3) is 0.409. The lowest BCUT2D eigenvalue weighted by molar-refractivity contribution is -0.141. The number of carbonyl (C=O) groups is 1. The lowest BCUT2D eigenvalue weighted by atomic mass is 10.1. The summed E-state index contributed by atoms with van der Waals surface area (Å²) in [4.78, 5) is 13.3.